The summed E-state index contributed by atoms with van der Waals surface area (Å²) in [5, 5.41) is 20.4. The van der Waals surface area contributed by atoms with Gasteiger partial charge in [0.15, 0.2) is 0 Å². The number of rotatable bonds is 5. The Hall–Kier alpha value is -1.83. The lowest BCUT2D eigenvalue weighted by molar-refractivity contribution is -0.140. The molecule has 0 spiro atoms. The maximum absolute atomic E-state index is 11.7. The molecule has 8 nitrogen and oxygen atoms in total. The van der Waals surface area contributed by atoms with E-state index in [-0.39, 0.29) is 37.9 Å². The molecule has 0 saturated carbocycles. The minimum Gasteiger partial charge on any atom is -0.480 e. The molecular formula is C13H22N2O6. The fraction of sp³-hybridized carbons (Fsp3) is 0.769. The highest BCUT2D eigenvalue weighted by Crippen LogP contribution is 2.17. The molecule has 1 rings (SSSR count). The van der Waals surface area contributed by atoms with Crippen molar-refractivity contribution in [3.8, 4) is 0 Å². The average Bonchev–Trinajstić information content (AvgIpc) is 2.66. The largest absolute Gasteiger partial charge is 0.480 e. The van der Waals surface area contributed by atoms with Gasteiger partial charge in [-0.3, -0.25) is 4.79 Å². The van der Waals surface area contributed by atoms with E-state index in [4.69, 9.17) is 14.9 Å². The quantitative estimate of drug-likeness (QED) is 0.648. The predicted octanol–water partition coefficient (Wildman–Crippen LogP) is -0.195. The molecule has 1 unspecified atom stereocenters. The summed E-state index contributed by atoms with van der Waals surface area (Å²) in [6, 6.07) is -1.25. The number of amides is 2. The Kier molecular flexibility index (Phi) is 5.54. The Balaban J connectivity index is 2.60. The van der Waals surface area contributed by atoms with Gasteiger partial charge in [0.1, 0.15) is 11.6 Å². The molecule has 0 bridgehead atoms. The van der Waals surface area contributed by atoms with E-state index in [2.05, 4.69) is 5.32 Å². The summed E-state index contributed by atoms with van der Waals surface area (Å²) in [6.45, 7) is 5.01. The summed E-state index contributed by atoms with van der Waals surface area (Å²) in [5.41, 5.74) is -0.738. The molecule has 1 saturated heterocycles. The van der Waals surface area contributed by atoms with Crippen LogP contribution in [0.3, 0.4) is 0 Å². The number of alkyl carbamates (subject to hydrolysis) is 1. The SMILES string of the molecule is CC(C)(C)OC(=O)N[C@@H](CN1CC(CO)CC1=O)C(=O)O. The molecule has 21 heavy (non-hydrogen) atoms. The van der Waals surface area contributed by atoms with Crippen LogP contribution in [0, 0.1) is 5.92 Å². The lowest BCUT2D eigenvalue weighted by Crippen LogP contribution is -2.50. The summed E-state index contributed by atoms with van der Waals surface area (Å²) < 4.78 is 5.00. The molecule has 1 aliphatic rings. The van der Waals surface area contributed by atoms with E-state index in [1.807, 2.05) is 0 Å². The van der Waals surface area contributed by atoms with Crippen molar-refractivity contribution >= 4 is 18.0 Å². The molecular weight excluding hydrogens is 280 g/mol. The summed E-state index contributed by atoms with van der Waals surface area (Å²) in [5.74, 6) is -1.67. The van der Waals surface area contributed by atoms with Crippen LogP contribution in [0.4, 0.5) is 4.79 Å². The lowest BCUT2D eigenvalue weighted by atomic mass is 10.1. The molecule has 2 amide bonds. The lowest BCUT2D eigenvalue weighted by Gasteiger charge is -2.24. The van der Waals surface area contributed by atoms with Crippen molar-refractivity contribution in [2.75, 3.05) is 19.7 Å². The molecule has 0 aliphatic carbocycles. The minimum atomic E-state index is -1.25. The van der Waals surface area contributed by atoms with Crippen molar-refractivity contribution in [1.29, 1.82) is 0 Å². The van der Waals surface area contributed by atoms with Crippen molar-refractivity contribution in [3.63, 3.8) is 0 Å². The van der Waals surface area contributed by atoms with Crippen LogP contribution in [-0.2, 0) is 14.3 Å². The first kappa shape index (κ1) is 17.2. The fourth-order valence-corrected chi connectivity index (χ4v) is 2.01. The van der Waals surface area contributed by atoms with Gasteiger partial charge in [0.25, 0.3) is 0 Å². The Morgan fingerprint density at radius 3 is 2.52 bits per heavy atom. The zero-order valence-electron chi connectivity index (χ0n) is 12.5. The second-order valence-electron chi connectivity index (χ2n) is 6.09. The van der Waals surface area contributed by atoms with Crippen LogP contribution in [0.2, 0.25) is 0 Å². The number of nitrogens with zero attached hydrogens (tertiary/aromatic N) is 1. The first-order valence-corrected chi connectivity index (χ1v) is 6.73. The van der Waals surface area contributed by atoms with Gasteiger partial charge in [0.2, 0.25) is 5.91 Å². The van der Waals surface area contributed by atoms with Gasteiger partial charge in [-0.15, -0.1) is 0 Å². The molecule has 0 radical (unpaired) electrons. The third-order valence-corrected chi connectivity index (χ3v) is 2.94. The molecule has 3 N–H and O–H groups in total. The van der Waals surface area contributed by atoms with Crippen molar-refractivity contribution in [2.24, 2.45) is 5.92 Å². The molecule has 1 aliphatic heterocycles. The second kappa shape index (κ2) is 6.75. The summed E-state index contributed by atoms with van der Waals surface area (Å²) >= 11 is 0. The van der Waals surface area contributed by atoms with Crippen LogP contribution in [0.1, 0.15) is 27.2 Å². The van der Waals surface area contributed by atoms with Gasteiger partial charge in [-0.1, -0.05) is 0 Å². The van der Waals surface area contributed by atoms with Gasteiger partial charge in [-0.25, -0.2) is 9.59 Å². The van der Waals surface area contributed by atoms with Crippen LogP contribution in [0.25, 0.3) is 0 Å². The molecule has 0 aromatic heterocycles. The van der Waals surface area contributed by atoms with E-state index in [9.17, 15) is 14.4 Å². The number of carboxylic acids is 1. The van der Waals surface area contributed by atoms with Crippen LogP contribution in [0.15, 0.2) is 0 Å². The first-order valence-electron chi connectivity index (χ1n) is 6.73. The van der Waals surface area contributed by atoms with Crippen molar-refractivity contribution in [1.82, 2.24) is 10.2 Å². The zero-order valence-corrected chi connectivity index (χ0v) is 12.5. The van der Waals surface area contributed by atoms with E-state index >= 15 is 0 Å². The third kappa shape index (κ3) is 5.58. The molecule has 1 fully saturated rings. The average molecular weight is 302 g/mol. The fourth-order valence-electron chi connectivity index (χ4n) is 2.01. The number of carbonyl (C=O) groups is 3. The normalized spacial score (nSPS) is 20.3. The Labute approximate surface area is 123 Å². The Bertz CT molecular complexity index is 417. The van der Waals surface area contributed by atoms with Gasteiger partial charge >= 0.3 is 12.1 Å². The topological polar surface area (TPSA) is 116 Å². The van der Waals surface area contributed by atoms with Crippen molar-refractivity contribution < 1.29 is 29.3 Å². The molecule has 120 valence electrons. The summed E-state index contributed by atoms with van der Waals surface area (Å²) in [4.78, 5) is 35.8. The molecule has 1 heterocycles. The third-order valence-electron chi connectivity index (χ3n) is 2.94. The highest BCUT2D eigenvalue weighted by atomic mass is 16.6. The maximum Gasteiger partial charge on any atom is 0.408 e. The highest BCUT2D eigenvalue weighted by molar-refractivity contribution is 5.83. The Morgan fingerprint density at radius 2 is 2.10 bits per heavy atom. The van der Waals surface area contributed by atoms with Crippen LogP contribution in [-0.4, -0.2) is 64.4 Å². The van der Waals surface area contributed by atoms with Crippen molar-refractivity contribution in [2.45, 2.75) is 38.8 Å². The molecule has 8 heteroatoms. The molecule has 0 aromatic carbocycles. The number of nitrogens with one attached hydrogen (secondary N) is 1. The maximum atomic E-state index is 11.7. The number of likely N-dealkylation sites (tertiary alicyclic amines) is 1. The van der Waals surface area contributed by atoms with Gasteiger partial charge in [-0.05, 0) is 20.8 Å². The van der Waals surface area contributed by atoms with E-state index in [0.29, 0.717) is 0 Å². The number of aliphatic hydroxyl groups excluding tert-OH is 1. The second-order valence-corrected chi connectivity index (χ2v) is 6.09. The molecule has 2 atom stereocenters. The highest BCUT2D eigenvalue weighted by Gasteiger charge is 2.33. The summed E-state index contributed by atoms with van der Waals surface area (Å²) in [7, 11) is 0. The predicted molar refractivity (Wildman–Crippen MR) is 72.6 cm³/mol. The first-order chi connectivity index (χ1) is 9.62. The van der Waals surface area contributed by atoms with Gasteiger partial charge in [-0.2, -0.15) is 0 Å². The number of ether oxygens (including phenoxy) is 1. The standard InChI is InChI=1S/C13H22N2O6/c1-13(2,3)21-12(20)14-9(11(18)19)6-15-5-8(7-16)4-10(15)17/h8-9,16H,4-7H2,1-3H3,(H,14,20)(H,18,19)/t8?,9-/m0/s1. The van der Waals surface area contributed by atoms with Gasteiger partial charge < -0.3 is 25.2 Å². The smallest absolute Gasteiger partial charge is 0.408 e. The number of carboxylic acid groups (broad SMARTS) is 1. The van der Waals surface area contributed by atoms with E-state index in [1.54, 1.807) is 20.8 Å². The minimum absolute atomic E-state index is 0.126. The number of hydrogen-bond donors (Lipinski definition) is 3. The van der Waals surface area contributed by atoms with E-state index in [0.717, 1.165) is 0 Å². The van der Waals surface area contributed by atoms with E-state index in [1.165, 1.54) is 4.90 Å². The van der Waals surface area contributed by atoms with Gasteiger partial charge in [0, 0.05) is 25.5 Å². The monoisotopic (exact) mass is 302 g/mol. The number of hydrogen-bond acceptors (Lipinski definition) is 5. The number of carbonyl (C=O) groups excluding carboxylic acids is 2. The van der Waals surface area contributed by atoms with Crippen LogP contribution < -0.4 is 5.32 Å². The zero-order chi connectivity index (χ0) is 16.2. The number of aliphatic carboxylic acids is 1. The van der Waals surface area contributed by atoms with Crippen LogP contribution >= 0.6 is 0 Å². The van der Waals surface area contributed by atoms with E-state index < -0.39 is 23.7 Å². The molecule has 0 aromatic rings. The number of aliphatic hydroxyl groups is 1. The van der Waals surface area contributed by atoms with Gasteiger partial charge in [0.05, 0.1) is 6.54 Å². The van der Waals surface area contributed by atoms with Crippen molar-refractivity contribution in [3.05, 3.63) is 0 Å². The Morgan fingerprint density at radius 1 is 1.48 bits per heavy atom. The summed E-state index contributed by atoms with van der Waals surface area (Å²) in [6.07, 6.45) is -0.657. The van der Waals surface area contributed by atoms with Crippen LogP contribution in [0.5, 0.6) is 0 Å².